The fraction of sp³-hybridized carbons (Fsp3) is 0.765. The minimum Gasteiger partial charge on any atom is -0.377 e. The van der Waals surface area contributed by atoms with E-state index in [1.807, 2.05) is 0 Å². The zero-order valence-corrected chi connectivity index (χ0v) is 15.1. The minimum atomic E-state index is 0.274. The highest BCUT2D eigenvalue weighted by atomic mass is 16.5. The predicted molar refractivity (Wildman–Crippen MR) is 93.3 cm³/mol. The Morgan fingerprint density at radius 3 is 2.88 bits per heavy atom. The summed E-state index contributed by atoms with van der Waals surface area (Å²) in [5.41, 5.74) is 2.15. The van der Waals surface area contributed by atoms with Gasteiger partial charge in [-0.2, -0.15) is 0 Å². The normalized spacial score (nSPS) is 18.1. The van der Waals surface area contributed by atoms with Gasteiger partial charge in [-0.15, -0.1) is 0 Å². The van der Waals surface area contributed by atoms with Crippen LogP contribution in [0.5, 0.6) is 0 Å². The second-order valence-corrected chi connectivity index (χ2v) is 5.80. The lowest BCUT2D eigenvalue weighted by atomic mass is 10.1. The van der Waals surface area contributed by atoms with Gasteiger partial charge in [-0.1, -0.05) is 19.0 Å². The fourth-order valence-electron chi connectivity index (χ4n) is 2.76. The van der Waals surface area contributed by atoms with Crippen molar-refractivity contribution in [2.75, 3.05) is 33.4 Å². The van der Waals surface area contributed by atoms with Gasteiger partial charge in [0, 0.05) is 38.7 Å². The van der Waals surface area contributed by atoms with Gasteiger partial charge in [0.25, 0.3) is 0 Å². The molecule has 1 fully saturated rings. The minimum absolute atomic E-state index is 0.274. The first-order chi connectivity index (χ1) is 11.8. The van der Waals surface area contributed by atoms with Crippen molar-refractivity contribution >= 4 is 5.96 Å². The average Bonchev–Trinajstić information content (AvgIpc) is 3.26. The summed E-state index contributed by atoms with van der Waals surface area (Å²) < 4.78 is 16.6. The first-order valence-electron chi connectivity index (χ1n) is 8.88. The van der Waals surface area contributed by atoms with Crippen molar-refractivity contribution in [1.82, 2.24) is 15.8 Å². The van der Waals surface area contributed by atoms with E-state index in [0.717, 1.165) is 55.3 Å². The largest absolute Gasteiger partial charge is 0.377 e. The van der Waals surface area contributed by atoms with E-state index in [1.54, 1.807) is 7.05 Å². The third-order valence-corrected chi connectivity index (χ3v) is 4.13. The molecule has 1 atom stereocenters. The first-order valence-corrected chi connectivity index (χ1v) is 8.88. The number of guanidine groups is 1. The van der Waals surface area contributed by atoms with Crippen molar-refractivity contribution in [3.63, 3.8) is 0 Å². The number of hydrogen-bond donors (Lipinski definition) is 2. The summed E-state index contributed by atoms with van der Waals surface area (Å²) in [6, 6.07) is 0. The molecule has 7 heteroatoms. The topological polar surface area (TPSA) is 80.9 Å². The monoisotopic (exact) mass is 338 g/mol. The van der Waals surface area contributed by atoms with Gasteiger partial charge in [-0.05, 0) is 19.3 Å². The van der Waals surface area contributed by atoms with Crippen LogP contribution >= 0.6 is 0 Å². The van der Waals surface area contributed by atoms with Gasteiger partial charge in [-0.3, -0.25) is 4.99 Å². The highest BCUT2D eigenvalue weighted by Gasteiger charge is 2.15. The lowest BCUT2D eigenvalue weighted by Gasteiger charge is -2.13. The second kappa shape index (κ2) is 10.3. The molecule has 7 nitrogen and oxygen atoms in total. The highest BCUT2D eigenvalue weighted by Crippen LogP contribution is 2.15. The van der Waals surface area contributed by atoms with Crippen LogP contribution in [-0.2, 0) is 28.9 Å². The molecule has 1 saturated heterocycles. The summed E-state index contributed by atoms with van der Waals surface area (Å²) in [7, 11) is 1.76. The summed E-state index contributed by atoms with van der Waals surface area (Å²) in [5.74, 6) is 1.69. The van der Waals surface area contributed by atoms with Gasteiger partial charge >= 0.3 is 0 Å². The maximum Gasteiger partial charge on any atom is 0.191 e. The molecule has 0 aromatic carbocycles. The fourth-order valence-corrected chi connectivity index (χ4v) is 2.76. The van der Waals surface area contributed by atoms with E-state index in [2.05, 4.69) is 34.6 Å². The lowest BCUT2D eigenvalue weighted by Crippen LogP contribution is -2.39. The van der Waals surface area contributed by atoms with Gasteiger partial charge in [0.2, 0.25) is 0 Å². The highest BCUT2D eigenvalue weighted by molar-refractivity contribution is 5.79. The van der Waals surface area contributed by atoms with Crippen molar-refractivity contribution in [2.45, 2.75) is 52.2 Å². The van der Waals surface area contributed by atoms with Crippen LogP contribution in [-0.4, -0.2) is 50.6 Å². The molecule has 1 aromatic rings. The molecule has 1 aliphatic heterocycles. The molecule has 2 rings (SSSR count). The SMILES string of the molecule is CCc1noc(CC)c1CNC(=NC)NCCOCC1CCCO1. The summed E-state index contributed by atoms with van der Waals surface area (Å²) >= 11 is 0. The van der Waals surface area contributed by atoms with Crippen LogP contribution in [0.25, 0.3) is 0 Å². The zero-order chi connectivity index (χ0) is 17.2. The number of hydrogen-bond acceptors (Lipinski definition) is 5. The predicted octanol–water partition coefficient (Wildman–Crippen LogP) is 1.66. The summed E-state index contributed by atoms with van der Waals surface area (Å²) in [4.78, 5) is 4.24. The zero-order valence-electron chi connectivity index (χ0n) is 15.1. The molecule has 0 amide bonds. The van der Waals surface area contributed by atoms with Gasteiger partial charge < -0.3 is 24.6 Å². The van der Waals surface area contributed by atoms with Crippen molar-refractivity contribution in [3.05, 3.63) is 17.0 Å². The molecule has 136 valence electrons. The van der Waals surface area contributed by atoms with Crippen LogP contribution < -0.4 is 10.6 Å². The van der Waals surface area contributed by atoms with Crippen molar-refractivity contribution in [3.8, 4) is 0 Å². The van der Waals surface area contributed by atoms with E-state index < -0.39 is 0 Å². The van der Waals surface area contributed by atoms with Crippen molar-refractivity contribution in [1.29, 1.82) is 0 Å². The van der Waals surface area contributed by atoms with Crippen LogP contribution in [0.3, 0.4) is 0 Å². The molecule has 0 aliphatic carbocycles. The third kappa shape index (κ3) is 5.49. The second-order valence-electron chi connectivity index (χ2n) is 5.80. The van der Waals surface area contributed by atoms with Gasteiger partial charge in [0.1, 0.15) is 5.76 Å². The van der Waals surface area contributed by atoms with Gasteiger partial charge in [0.15, 0.2) is 5.96 Å². The number of aryl methyl sites for hydroxylation is 2. The number of aromatic nitrogens is 1. The van der Waals surface area contributed by atoms with Crippen LogP contribution in [0, 0.1) is 0 Å². The maximum atomic E-state index is 5.64. The number of nitrogens with zero attached hydrogens (tertiary/aromatic N) is 2. The summed E-state index contributed by atoms with van der Waals surface area (Å²) in [5, 5.41) is 10.7. The Balaban J connectivity index is 1.67. The quantitative estimate of drug-likeness (QED) is 0.405. The Labute approximate surface area is 144 Å². The molecule has 2 heterocycles. The number of aliphatic imine (C=N–C) groups is 1. The molecule has 1 aliphatic rings. The van der Waals surface area contributed by atoms with E-state index in [-0.39, 0.29) is 6.10 Å². The lowest BCUT2D eigenvalue weighted by molar-refractivity contribution is 0.0191. The molecule has 0 saturated carbocycles. The van der Waals surface area contributed by atoms with Crippen LogP contribution in [0.1, 0.15) is 43.7 Å². The summed E-state index contributed by atoms with van der Waals surface area (Å²) in [6.45, 7) is 7.69. The van der Waals surface area contributed by atoms with Crippen LogP contribution in [0.15, 0.2) is 9.52 Å². The number of rotatable bonds is 9. The Morgan fingerprint density at radius 2 is 2.21 bits per heavy atom. The number of ether oxygens (including phenoxy) is 2. The molecular formula is C17H30N4O3. The maximum absolute atomic E-state index is 5.64. The van der Waals surface area contributed by atoms with Crippen molar-refractivity contribution < 1.29 is 14.0 Å². The van der Waals surface area contributed by atoms with Crippen molar-refractivity contribution in [2.24, 2.45) is 4.99 Å². The Bertz CT molecular complexity index is 488. The Morgan fingerprint density at radius 1 is 1.33 bits per heavy atom. The van der Waals surface area contributed by atoms with Gasteiger partial charge in [-0.25, -0.2) is 0 Å². The molecule has 1 aromatic heterocycles. The molecule has 1 unspecified atom stereocenters. The third-order valence-electron chi connectivity index (χ3n) is 4.13. The van der Waals surface area contributed by atoms with E-state index in [0.29, 0.717) is 26.3 Å². The first kappa shape index (κ1) is 18.7. The Hall–Kier alpha value is -1.60. The molecule has 2 N–H and O–H groups in total. The van der Waals surface area contributed by atoms with Crippen LogP contribution in [0.2, 0.25) is 0 Å². The average molecular weight is 338 g/mol. The van der Waals surface area contributed by atoms with E-state index in [9.17, 15) is 0 Å². The molecular weight excluding hydrogens is 308 g/mol. The smallest absolute Gasteiger partial charge is 0.191 e. The Kier molecular flexibility index (Phi) is 8.04. The standard InChI is InChI=1S/C17H30N4O3/c1-4-15-14(16(5-2)24-21-15)11-20-17(18-3)19-8-10-22-12-13-7-6-9-23-13/h13H,4-12H2,1-3H3,(H2,18,19,20). The van der Waals surface area contributed by atoms with E-state index in [4.69, 9.17) is 14.0 Å². The van der Waals surface area contributed by atoms with E-state index in [1.165, 1.54) is 0 Å². The molecule has 0 bridgehead atoms. The molecule has 24 heavy (non-hydrogen) atoms. The van der Waals surface area contributed by atoms with E-state index >= 15 is 0 Å². The molecule has 0 radical (unpaired) electrons. The van der Waals surface area contributed by atoms with Crippen LogP contribution in [0.4, 0.5) is 0 Å². The summed E-state index contributed by atoms with van der Waals surface area (Å²) in [6.07, 6.45) is 4.23. The number of nitrogens with one attached hydrogen (secondary N) is 2. The molecule has 0 spiro atoms. The van der Waals surface area contributed by atoms with Gasteiger partial charge in [0.05, 0.1) is 25.0 Å².